The van der Waals surface area contributed by atoms with Gasteiger partial charge in [0, 0.05) is 18.3 Å². The van der Waals surface area contributed by atoms with Crippen molar-refractivity contribution >= 4 is 17.5 Å². The highest BCUT2D eigenvalue weighted by Crippen LogP contribution is 2.39. The standard InChI is InChI=1S/C13H17N3O4/c1-9-4-7-14-11(10(9)16(19)20)15-8-13(12(17)18)5-2-3-6-13/h4,7H,2-3,5-6,8H2,1H3,(H,14,15)(H,17,18). The highest BCUT2D eigenvalue weighted by Gasteiger charge is 2.41. The zero-order chi connectivity index (χ0) is 14.8. The van der Waals surface area contributed by atoms with Gasteiger partial charge >= 0.3 is 11.7 Å². The summed E-state index contributed by atoms with van der Waals surface area (Å²) in [7, 11) is 0. The Morgan fingerprint density at radius 1 is 1.55 bits per heavy atom. The van der Waals surface area contributed by atoms with E-state index in [-0.39, 0.29) is 18.1 Å². The lowest BCUT2D eigenvalue weighted by Gasteiger charge is -2.24. The third-order valence-corrected chi connectivity index (χ3v) is 3.92. The van der Waals surface area contributed by atoms with E-state index in [0.717, 1.165) is 12.8 Å². The van der Waals surface area contributed by atoms with Gasteiger partial charge in [-0.3, -0.25) is 14.9 Å². The number of carboxylic acid groups (broad SMARTS) is 1. The Bertz CT molecular complexity index is 538. The maximum absolute atomic E-state index is 11.4. The highest BCUT2D eigenvalue weighted by molar-refractivity contribution is 5.76. The lowest BCUT2D eigenvalue weighted by Crippen LogP contribution is -2.35. The summed E-state index contributed by atoms with van der Waals surface area (Å²) in [6.07, 6.45) is 4.41. The monoisotopic (exact) mass is 279 g/mol. The molecule has 1 aromatic rings. The van der Waals surface area contributed by atoms with E-state index in [9.17, 15) is 20.0 Å². The predicted octanol–water partition coefficient (Wildman–Crippen LogP) is 2.36. The number of aliphatic carboxylic acids is 1. The second kappa shape index (κ2) is 5.44. The van der Waals surface area contributed by atoms with Crippen molar-refractivity contribution < 1.29 is 14.8 Å². The summed E-state index contributed by atoms with van der Waals surface area (Å²) in [6.45, 7) is 1.80. The minimum atomic E-state index is -0.849. The Morgan fingerprint density at radius 3 is 2.75 bits per heavy atom. The minimum absolute atomic E-state index is 0.0916. The Hall–Kier alpha value is -2.18. The van der Waals surface area contributed by atoms with Crippen molar-refractivity contribution in [3.8, 4) is 0 Å². The first-order valence-electron chi connectivity index (χ1n) is 6.53. The fourth-order valence-corrected chi connectivity index (χ4v) is 2.68. The number of anilines is 1. The number of hydrogen-bond acceptors (Lipinski definition) is 5. The number of aromatic nitrogens is 1. The molecule has 20 heavy (non-hydrogen) atoms. The fourth-order valence-electron chi connectivity index (χ4n) is 2.68. The van der Waals surface area contributed by atoms with Crippen LogP contribution in [0.2, 0.25) is 0 Å². The number of rotatable bonds is 5. The van der Waals surface area contributed by atoms with Gasteiger partial charge in [-0.25, -0.2) is 4.98 Å². The molecule has 0 aromatic carbocycles. The molecule has 0 unspecified atom stereocenters. The Morgan fingerprint density at radius 2 is 2.20 bits per heavy atom. The van der Waals surface area contributed by atoms with Gasteiger partial charge in [-0.15, -0.1) is 0 Å². The topological polar surface area (TPSA) is 105 Å². The average molecular weight is 279 g/mol. The van der Waals surface area contributed by atoms with Gasteiger partial charge < -0.3 is 10.4 Å². The van der Waals surface area contributed by atoms with Crippen LogP contribution in [0.3, 0.4) is 0 Å². The molecular formula is C13H17N3O4. The first kappa shape index (κ1) is 14.2. The number of nitrogens with one attached hydrogen (secondary N) is 1. The van der Waals surface area contributed by atoms with Crippen LogP contribution in [0.5, 0.6) is 0 Å². The molecular weight excluding hydrogens is 262 g/mol. The first-order chi connectivity index (χ1) is 9.46. The molecule has 108 valence electrons. The van der Waals surface area contributed by atoms with E-state index in [4.69, 9.17) is 0 Å². The molecule has 1 heterocycles. The number of hydrogen-bond donors (Lipinski definition) is 2. The molecule has 0 radical (unpaired) electrons. The van der Waals surface area contributed by atoms with Crippen molar-refractivity contribution in [2.24, 2.45) is 5.41 Å². The molecule has 0 atom stereocenters. The van der Waals surface area contributed by atoms with E-state index in [0.29, 0.717) is 18.4 Å². The Balaban J connectivity index is 2.21. The van der Waals surface area contributed by atoms with Gasteiger partial charge in [0.05, 0.1) is 10.3 Å². The summed E-state index contributed by atoms with van der Waals surface area (Å²) in [6, 6.07) is 1.56. The molecule has 2 rings (SSSR count). The normalized spacial score (nSPS) is 16.9. The third kappa shape index (κ3) is 2.56. The van der Waals surface area contributed by atoms with Crippen LogP contribution in [0.25, 0.3) is 0 Å². The largest absolute Gasteiger partial charge is 0.481 e. The van der Waals surface area contributed by atoms with E-state index in [2.05, 4.69) is 10.3 Å². The lowest BCUT2D eigenvalue weighted by atomic mass is 9.86. The molecule has 1 aromatic heterocycles. The molecule has 7 heteroatoms. The summed E-state index contributed by atoms with van der Waals surface area (Å²) in [5, 5.41) is 23.3. The maximum Gasteiger partial charge on any atom is 0.314 e. The molecule has 1 fully saturated rings. The zero-order valence-electron chi connectivity index (χ0n) is 11.3. The quantitative estimate of drug-likeness (QED) is 0.633. The number of pyridine rings is 1. The SMILES string of the molecule is Cc1ccnc(NCC2(C(=O)O)CCCC2)c1[N+](=O)[O-]. The maximum atomic E-state index is 11.4. The van der Waals surface area contributed by atoms with Crippen LogP contribution in [0.4, 0.5) is 11.5 Å². The van der Waals surface area contributed by atoms with E-state index >= 15 is 0 Å². The van der Waals surface area contributed by atoms with Crippen LogP contribution in [-0.4, -0.2) is 27.5 Å². The predicted molar refractivity (Wildman–Crippen MR) is 72.7 cm³/mol. The van der Waals surface area contributed by atoms with Crippen LogP contribution < -0.4 is 5.32 Å². The molecule has 1 aliphatic rings. The zero-order valence-corrected chi connectivity index (χ0v) is 11.3. The van der Waals surface area contributed by atoms with Crippen LogP contribution in [0, 0.1) is 22.5 Å². The number of aryl methyl sites for hydroxylation is 1. The van der Waals surface area contributed by atoms with Gasteiger partial charge in [-0.2, -0.15) is 0 Å². The number of carboxylic acids is 1. The number of carbonyl (C=O) groups is 1. The second-order valence-electron chi connectivity index (χ2n) is 5.23. The molecule has 0 aliphatic heterocycles. The Labute approximate surface area is 116 Å². The van der Waals surface area contributed by atoms with Crippen LogP contribution in [-0.2, 0) is 4.79 Å². The lowest BCUT2D eigenvalue weighted by molar-refractivity contribution is -0.384. The molecule has 0 saturated heterocycles. The van der Waals surface area contributed by atoms with E-state index in [1.807, 2.05) is 0 Å². The first-order valence-corrected chi connectivity index (χ1v) is 6.53. The van der Waals surface area contributed by atoms with Crippen molar-refractivity contribution in [2.45, 2.75) is 32.6 Å². The average Bonchev–Trinajstić information content (AvgIpc) is 2.86. The van der Waals surface area contributed by atoms with E-state index in [1.165, 1.54) is 6.20 Å². The van der Waals surface area contributed by atoms with Gasteiger partial charge in [0.2, 0.25) is 5.82 Å². The molecule has 0 bridgehead atoms. The fraction of sp³-hybridized carbons (Fsp3) is 0.538. The molecule has 1 saturated carbocycles. The third-order valence-electron chi connectivity index (χ3n) is 3.92. The van der Waals surface area contributed by atoms with Crippen molar-refractivity contribution in [3.63, 3.8) is 0 Å². The van der Waals surface area contributed by atoms with E-state index in [1.54, 1.807) is 13.0 Å². The van der Waals surface area contributed by atoms with Gasteiger partial charge in [0.1, 0.15) is 0 Å². The smallest absolute Gasteiger partial charge is 0.314 e. The van der Waals surface area contributed by atoms with Crippen LogP contribution in [0.1, 0.15) is 31.2 Å². The van der Waals surface area contributed by atoms with Crippen molar-refractivity contribution in [1.82, 2.24) is 4.98 Å². The van der Waals surface area contributed by atoms with Gasteiger partial charge in [-0.1, -0.05) is 12.8 Å². The molecule has 0 spiro atoms. The summed E-state index contributed by atoms with van der Waals surface area (Å²) in [5.41, 5.74) is -0.423. The summed E-state index contributed by atoms with van der Waals surface area (Å²) < 4.78 is 0. The summed E-state index contributed by atoms with van der Waals surface area (Å²) in [4.78, 5) is 26.0. The van der Waals surface area contributed by atoms with Gasteiger partial charge in [-0.05, 0) is 25.8 Å². The summed E-state index contributed by atoms with van der Waals surface area (Å²) in [5.74, 6) is -0.708. The second-order valence-corrected chi connectivity index (χ2v) is 5.23. The van der Waals surface area contributed by atoms with Crippen molar-refractivity contribution in [2.75, 3.05) is 11.9 Å². The van der Waals surface area contributed by atoms with Crippen molar-refractivity contribution in [1.29, 1.82) is 0 Å². The molecule has 1 aliphatic carbocycles. The summed E-state index contributed by atoms with van der Waals surface area (Å²) >= 11 is 0. The van der Waals surface area contributed by atoms with Gasteiger partial charge in [0.25, 0.3) is 0 Å². The van der Waals surface area contributed by atoms with E-state index < -0.39 is 16.3 Å². The van der Waals surface area contributed by atoms with Crippen molar-refractivity contribution in [3.05, 3.63) is 27.9 Å². The molecule has 0 amide bonds. The number of nitrogens with zero attached hydrogens (tertiary/aromatic N) is 2. The highest BCUT2D eigenvalue weighted by atomic mass is 16.6. The molecule has 7 nitrogen and oxygen atoms in total. The minimum Gasteiger partial charge on any atom is -0.481 e. The van der Waals surface area contributed by atoms with Gasteiger partial charge in [0.15, 0.2) is 0 Å². The number of nitro groups is 1. The van der Waals surface area contributed by atoms with Crippen LogP contribution >= 0.6 is 0 Å². The van der Waals surface area contributed by atoms with Crippen LogP contribution in [0.15, 0.2) is 12.3 Å². The Kier molecular flexibility index (Phi) is 3.87. The molecule has 2 N–H and O–H groups in total.